The van der Waals surface area contributed by atoms with Crippen LogP contribution in [0.1, 0.15) is 41.6 Å². The number of hydrogen-bond donors (Lipinski definition) is 1. The lowest BCUT2D eigenvalue weighted by Crippen LogP contribution is -2.50. The van der Waals surface area contributed by atoms with E-state index in [9.17, 15) is 5.26 Å². The smallest absolute Gasteiger partial charge is 0.142 e. The summed E-state index contributed by atoms with van der Waals surface area (Å²) in [6, 6.07) is 15.2. The molecule has 0 radical (unpaired) electrons. The molecule has 0 spiro atoms. The van der Waals surface area contributed by atoms with Crippen LogP contribution in [0.2, 0.25) is 0 Å². The second kappa shape index (κ2) is 8.45. The third-order valence-corrected chi connectivity index (χ3v) is 7.33. The summed E-state index contributed by atoms with van der Waals surface area (Å²) in [6.45, 7) is 8.97. The zero-order valence-corrected chi connectivity index (χ0v) is 19.1. The van der Waals surface area contributed by atoms with Crippen molar-refractivity contribution in [2.24, 2.45) is 0 Å². The van der Waals surface area contributed by atoms with Crippen molar-refractivity contribution in [1.29, 1.82) is 5.26 Å². The highest BCUT2D eigenvalue weighted by atomic mass is 16.5. The average Bonchev–Trinajstić information content (AvgIpc) is 3.57. The highest BCUT2D eigenvalue weighted by molar-refractivity contribution is 5.74. The summed E-state index contributed by atoms with van der Waals surface area (Å²) in [5, 5.41) is 17.2. The molecule has 0 aliphatic carbocycles. The van der Waals surface area contributed by atoms with E-state index in [0.717, 1.165) is 57.0 Å². The first-order valence-electron chi connectivity index (χ1n) is 12.0. The number of benzene rings is 1. The molecule has 3 atom stereocenters. The Morgan fingerprint density at radius 2 is 2.06 bits per heavy atom. The molecule has 1 aromatic carbocycles. The van der Waals surface area contributed by atoms with Crippen molar-refractivity contribution in [3.8, 4) is 6.07 Å². The average molecular weight is 443 g/mol. The Hall–Kier alpha value is -2.92. The Kier molecular flexibility index (Phi) is 5.30. The molecule has 33 heavy (non-hydrogen) atoms. The van der Waals surface area contributed by atoms with Crippen LogP contribution in [0.25, 0.3) is 5.52 Å². The zero-order valence-electron chi connectivity index (χ0n) is 19.1. The van der Waals surface area contributed by atoms with Gasteiger partial charge in [0.25, 0.3) is 0 Å². The molecule has 1 N–H and O–H groups in total. The van der Waals surface area contributed by atoms with Gasteiger partial charge in [-0.25, -0.2) is 4.52 Å². The first-order chi connectivity index (χ1) is 16.2. The maximum Gasteiger partial charge on any atom is 0.142 e. The van der Waals surface area contributed by atoms with Crippen LogP contribution in [-0.2, 0) is 17.8 Å². The van der Waals surface area contributed by atoms with Gasteiger partial charge in [-0.3, -0.25) is 4.90 Å². The highest BCUT2D eigenvalue weighted by Gasteiger charge is 2.30. The molecule has 3 aromatic rings. The van der Waals surface area contributed by atoms with Crippen molar-refractivity contribution in [2.75, 3.05) is 37.6 Å². The van der Waals surface area contributed by atoms with E-state index in [-0.39, 0.29) is 12.2 Å². The quantitative estimate of drug-likeness (QED) is 0.670. The predicted molar refractivity (Wildman–Crippen MR) is 127 cm³/mol. The number of ether oxygens (including phenoxy) is 1. The van der Waals surface area contributed by atoms with Crippen molar-refractivity contribution in [3.63, 3.8) is 0 Å². The number of morpholine rings is 1. The molecule has 2 aromatic heterocycles. The molecule has 6 rings (SSSR count). The summed E-state index contributed by atoms with van der Waals surface area (Å²) in [4.78, 5) is 4.92. The topological polar surface area (TPSA) is 68.8 Å². The van der Waals surface area contributed by atoms with E-state index in [0.29, 0.717) is 11.6 Å². The fourth-order valence-electron chi connectivity index (χ4n) is 5.79. The molecule has 0 saturated carbocycles. The number of fused-ring (bicyclic) bond motifs is 2. The predicted octanol–water partition coefficient (Wildman–Crippen LogP) is 2.89. The van der Waals surface area contributed by atoms with Crippen molar-refractivity contribution < 1.29 is 4.74 Å². The fraction of sp³-hybridized carbons (Fsp3) is 0.462. The molecule has 7 heteroatoms. The number of anilines is 1. The summed E-state index contributed by atoms with van der Waals surface area (Å²) >= 11 is 0. The van der Waals surface area contributed by atoms with E-state index in [2.05, 4.69) is 57.5 Å². The molecule has 0 bridgehead atoms. The van der Waals surface area contributed by atoms with Gasteiger partial charge in [0.15, 0.2) is 0 Å². The van der Waals surface area contributed by atoms with Crippen LogP contribution in [0.4, 0.5) is 5.69 Å². The van der Waals surface area contributed by atoms with Crippen LogP contribution in [0.15, 0.2) is 42.6 Å². The van der Waals surface area contributed by atoms with E-state index in [1.54, 1.807) is 10.7 Å². The van der Waals surface area contributed by atoms with Gasteiger partial charge < -0.3 is 15.0 Å². The lowest BCUT2D eigenvalue weighted by Gasteiger charge is -2.39. The van der Waals surface area contributed by atoms with Crippen LogP contribution in [0.3, 0.4) is 0 Å². The van der Waals surface area contributed by atoms with Gasteiger partial charge in [-0.2, -0.15) is 10.4 Å². The normalized spacial score (nSPS) is 25.5. The van der Waals surface area contributed by atoms with Gasteiger partial charge >= 0.3 is 0 Å². The maximum absolute atomic E-state index is 9.40. The summed E-state index contributed by atoms with van der Waals surface area (Å²) in [7, 11) is 0. The van der Waals surface area contributed by atoms with E-state index in [1.165, 1.54) is 23.1 Å². The first kappa shape index (κ1) is 20.7. The lowest BCUT2D eigenvalue weighted by molar-refractivity contribution is -0.0329. The van der Waals surface area contributed by atoms with Crippen molar-refractivity contribution in [1.82, 2.24) is 19.8 Å². The molecular formula is C26H30N6O. The van der Waals surface area contributed by atoms with Gasteiger partial charge in [0.1, 0.15) is 11.8 Å². The summed E-state index contributed by atoms with van der Waals surface area (Å²) in [6.07, 6.45) is 3.29. The fourth-order valence-corrected chi connectivity index (χ4v) is 5.79. The largest absolute Gasteiger partial charge is 0.370 e. The summed E-state index contributed by atoms with van der Waals surface area (Å²) in [5.41, 5.74) is 7.07. The molecule has 0 amide bonds. The number of nitriles is 1. The van der Waals surface area contributed by atoms with Crippen LogP contribution < -0.4 is 10.2 Å². The monoisotopic (exact) mass is 442 g/mol. The van der Waals surface area contributed by atoms with E-state index in [4.69, 9.17) is 4.74 Å². The zero-order chi connectivity index (χ0) is 22.4. The Bertz CT molecular complexity index is 1210. The van der Waals surface area contributed by atoms with Crippen molar-refractivity contribution >= 4 is 11.2 Å². The van der Waals surface area contributed by atoms with Crippen LogP contribution in [0.5, 0.6) is 0 Å². The second-order valence-corrected chi connectivity index (χ2v) is 9.71. The van der Waals surface area contributed by atoms with Gasteiger partial charge in [-0.1, -0.05) is 18.2 Å². The van der Waals surface area contributed by atoms with Gasteiger partial charge in [0.05, 0.1) is 29.6 Å². The molecule has 2 saturated heterocycles. The molecule has 1 unspecified atom stereocenters. The van der Waals surface area contributed by atoms with Crippen molar-refractivity contribution in [3.05, 3.63) is 65.0 Å². The Morgan fingerprint density at radius 1 is 1.15 bits per heavy atom. The van der Waals surface area contributed by atoms with E-state index < -0.39 is 0 Å². The number of rotatable bonds is 4. The Balaban J connectivity index is 1.16. The molecular weight excluding hydrogens is 412 g/mol. The third-order valence-electron chi connectivity index (χ3n) is 7.33. The minimum absolute atomic E-state index is 0.139. The number of aromatic nitrogens is 2. The number of hydrogen-bond acceptors (Lipinski definition) is 6. The minimum Gasteiger partial charge on any atom is -0.370 e. The minimum atomic E-state index is 0.139. The molecule has 3 aliphatic rings. The first-order valence-corrected chi connectivity index (χ1v) is 12.0. The summed E-state index contributed by atoms with van der Waals surface area (Å²) < 4.78 is 8.11. The molecule has 7 nitrogen and oxygen atoms in total. The maximum atomic E-state index is 9.40. The lowest BCUT2D eigenvalue weighted by atomic mass is 9.95. The third kappa shape index (κ3) is 3.89. The van der Waals surface area contributed by atoms with E-state index >= 15 is 0 Å². The van der Waals surface area contributed by atoms with Crippen LogP contribution >= 0.6 is 0 Å². The number of nitrogens with zero attached hydrogens (tertiary/aromatic N) is 5. The number of nitrogens with one attached hydrogen (secondary N) is 1. The molecule has 3 aliphatic heterocycles. The van der Waals surface area contributed by atoms with Gasteiger partial charge in [-0.15, -0.1) is 0 Å². The van der Waals surface area contributed by atoms with Crippen LogP contribution in [0, 0.1) is 11.3 Å². The Morgan fingerprint density at radius 3 is 2.91 bits per heavy atom. The highest BCUT2D eigenvalue weighted by Crippen LogP contribution is 2.31. The van der Waals surface area contributed by atoms with E-state index in [1.807, 2.05) is 12.1 Å². The molecule has 2 fully saturated rings. The summed E-state index contributed by atoms with van der Waals surface area (Å²) in [5.74, 6) is 0.660. The molecule has 5 heterocycles. The van der Waals surface area contributed by atoms with Gasteiger partial charge in [0, 0.05) is 39.3 Å². The van der Waals surface area contributed by atoms with Gasteiger partial charge in [-0.05, 0) is 60.7 Å². The van der Waals surface area contributed by atoms with Gasteiger partial charge in [0.2, 0.25) is 0 Å². The van der Waals surface area contributed by atoms with Crippen molar-refractivity contribution in [2.45, 2.75) is 44.6 Å². The standard InChI is InChI=1S/C26H30N6O/c1-18-13-31(25-5-4-23(11-27)32-26(25)7-9-29-32)17-24(33-18)16-30-14-21-3-2-19(10-22(21)15-30)20-6-8-28-12-20/h2-5,7,9-10,18,20,24,28H,6,8,12-17H2,1H3/t18-,20?,24+/m1/s1. The van der Waals surface area contributed by atoms with Crippen LogP contribution in [-0.4, -0.2) is 59.4 Å². The SMILES string of the molecule is C[C@@H]1CN(c2ccc(C#N)n3nccc23)C[C@H](CN2Cc3ccc(C4CCNC4)cc3C2)O1. The molecule has 170 valence electrons. The number of pyridine rings is 1. The second-order valence-electron chi connectivity index (χ2n) is 9.71. The Labute approximate surface area is 194 Å².